The van der Waals surface area contributed by atoms with Gasteiger partial charge < -0.3 is 10.5 Å². The van der Waals surface area contributed by atoms with Gasteiger partial charge in [0.05, 0.1) is 22.7 Å². The van der Waals surface area contributed by atoms with Gasteiger partial charge in [-0.3, -0.25) is 9.20 Å². The zero-order chi connectivity index (χ0) is 29.0. The van der Waals surface area contributed by atoms with E-state index in [4.69, 9.17) is 20.6 Å². The van der Waals surface area contributed by atoms with E-state index in [1.165, 1.54) is 29.8 Å². The van der Waals surface area contributed by atoms with Crippen LogP contribution in [0.25, 0.3) is 38.4 Å². The number of ether oxygens (including phenoxy) is 1. The molecule has 6 aromatic rings. The Labute approximate surface area is 245 Å². The second-order valence-corrected chi connectivity index (χ2v) is 13.0. The molecule has 0 fully saturated rings. The van der Waals surface area contributed by atoms with E-state index >= 15 is 0 Å². The van der Waals surface area contributed by atoms with E-state index < -0.39 is 11.9 Å². The number of hydrogen-bond acceptors (Lipinski definition) is 8. The number of nitrogens with two attached hydrogens (primary N) is 1. The number of benzene rings is 2. The molecule has 4 aromatic heterocycles. The van der Waals surface area contributed by atoms with Gasteiger partial charge in [0.1, 0.15) is 35.0 Å². The smallest absolute Gasteiger partial charge is 0.266 e. The van der Waals surface area contributed by atoms with Gasteiger partial charge >= 0.3 is 0 Å². The largest absolute Gasteiger partial charge is 0.482 e. The number of halogens is 1. The third-order valence-corrected chi connectivity index (χ3v) is 8.38. The van der Waals surface area contributed by atoms with Crippen molar-refractivity contribution in [2.75, 3.05) is 5.73 Å². The van der Waals surface area contributed by atoms with Crippen molar-refractivity contribution in [1.82, 2.24) is 29.1 Å². The zero-order valence-corrected chi connectivity index (χ0v) is 26.2. The number of fused-ring (bicyclic) bond motifs is 2. The summed E-state index contributed by atoms with van der Waals surface area (Å²) in [5.41, 5.74) is 9.71. The number of hydrogen-bond donors (Lipinski definition) is 1. The summed E-state index contributed by atoms with van der Waals surface area (Å²) in [4.78, 5) is 28.1. The van der Waals surface area contributed by atoms with E-state index in [1.54, 1.807) is 21.2 Å². The van der Waals surface area contributed by atoms with Gasteiger partial charge in [-0.05, 0) is 49.7 Å². The van der Waals surface area contributed by atoms with Crippen LogP contribution in [0.5, 0.6) is 5.75 Å². The Bertz CT molecular complexity index is 2020. The predicted molar refractivity (Wildman–Crippen MR) is 172 cm³/mol. The fourth-order valence-electron chi connectivity index (χ4n) is 4.85. The van der Waals surface area contributed by atoms with E-state index in [1.807, 2.05) is 37.4 Å². The molecule has 0 amide bonds. The normalized spacial score (nSPS) is 12.5. The summed E-state index contributed by atoms with van der Waals surface area (Å²) < 4.78 is 23.4. The van der Waals surface area contributed by atoms with Crippen LogP contribution in [-0.2, 0) is 0 Å². The number of rotatable bonds is 6. The van der Waals surface area contributed by atoms with E-state index in [0.717, 1.165) is 16.6 Å². The molecular weight excluding hydrogens is 598 g/mol. The molecule has 9 nitrogen and oxygen atoms in total. The van der Waals surface area contributed by atoms with Crippen molar-refractivity contribution in [3.63, 3.8) is 0 Å². The first kappa shape index (κ1) is 27.8. The molecule has 0 aliphatic carbocycles. The van der Waals surface area contributed by atoms with Crippen LogP contribution in [-0.4, -0.2) is 34.7 Å². The van der Waals surface area contributed by atoms with Crippen molar-refractivity contribution in [1.29, 1.82) is 0 Å². The van der Waals surface area contributed by atoms with Crippen molar-refractivity contribution in [3.05, 3.63) is 81.7 Å². The van der Waals surface area contributed by atoms with Crippen molar-refractivity contribution in [2.24, 2.45) is 0 Å². The number of nitrogen functional groups attached to an aromatic ring is 1. The second kappa shape index (κ2) is 10.8. The van der Waals surface area contributed by atoms with E-state index in [2.05, 4.69) is 37.7 Å². The van der Waals surface area contributed by atoms with Crippen LogP contribution in [0.2, 0.25) is 0 Å². The maximum absolute atomic E-state index is 14.4. The first-order valence-electron chi connectivity index (χ1n) is 12.5. The monoisotopic (exact) mass is 623 g/mol. The Morgan fingerprint density at radius 3 is 2.66 bits per heavy atom. The molecule has 0 spiro atoms. The summed E-state index contributed by atoms with van der Waals surface area (Å²) >= 11 is 1.36. The minimum absolute atomic E-state index is 0.140. The molecule has 2 N–H and O–H groups in total. The molecule has 41 heavy (non-hydrogen) atoms. The lowest BCUT2D eigenvalue weighted by Gasteiger charge is -2.17. The Morgan fingerprint density at radius 2 is 1.93 bits per heavy atom. The average Bonchev–Trinajstić information content (AvgIpc) is 3.51. The number of aryl methyl sites for hydroxylation is 1. The van der Waals surface area contributed by atoms with E-state index in [0.29, 0.717) is 44.3 Å². The van der Waals surface area contributed by atoms with Crippen LogP contribution in [0.3, 0.4) is 0 Å². The van der Waals surface area contributed by atoms with Gasteiger partial charge in [-0.1, -0.05) is 30.6 Å². The second-order valence-electron chi connectivity index (χ2n) is 9.44. The Hall–Kier alpha value is -3.35. The summed E-state index contributed by atoms with van der Waals surface area (Å²) in [7, 11) is 7.83. The van der Waals surface area contributed by atoms with Crippen molar-refractivity contribution in [2.45, 2.75) is 25.5 Å². The standard InChI is InChI=1S/C27H25FN7O2P3S/c1-12-10-41-26-32-21(19(25(36)34(12)26)14-4-3-5-16(28)8-14)13(2)35-24-20(23(29)30-11-31-24)22(33-35)15-6-7-17(18(38)9-15)37-27(39)40/h3-11,13,27H,38-40H2,1-2H3,(H2,29,30,31)/t13-/m0/s1. The molecule has 2 aromatic carbocycles. The number of aromatic nitrogens is 6. The first-order chi connectivity index (χ1) is 19.6. The summed E-state index contributed by atoms with van der Waals surface area (Å²) in [6.07, 6.45) is 1.38. The average molecular weight is 624 g/mol. The number of nitrogens with zero attached hydrogens (tertiary/aromatic N) is 6. The highest BCUT2D eigenvalue weighted by Gasteiger charge is 2.27. The lowest BCUT2D eigenvalue weighted by molar-refractivity contribution is 0.368. The molecule has 14 heteroatoms. The third-order valence-electron chi connectivity index (χ3n) is 6.71. The molecule has 0 bridgehead atoms. The molecule has 0 radical (unpaired) electrons. The quantitative estimate of drug-likeness (QED) is 0.266. The first-order valence-corrected chi connectivity index (χ1v) is 15.3. The highest BCUT2D eigenvalue weighted by Crippen LogP contribution is 2.36. The molecule has 0 saturated heterocycles. The Morgan fingerprint density at radius 1 is 1.12 bits per heavy atom. The predicted octanol–water partition coefficient (Wildman–Crippen LogP) is 4.78. The summed E-state index contributed by atoms with van der Waals surface area (Å²) in [6.45, 7) is 3.72. The fraction of sp³-hybridized carbons (Fsp3) is 0.148. The number of thiazole rings is 1. The van der Waals surface area contributed by atoms with Crippen molar-refractivity contribution in [3.8, 4) is 28.1 Å². The number of anilines is 1. The van der Waals surface area contributed by atoms with E-state index in [-0.39, 0.29) is 17.0 Å². The minimum atomic E-state index is -0.577. The van der Waals surface area contributed by atoms with Gasteiger partial charge in [-0.25, -0.2) is 24.0 Å². The summed E-state index contributed by atoms with van der Waals surface area (Å²) in [5, 5.41) is 8.23. The maximum Gasteiger partial charge on any atom is 0.266 e. The molecule has 4 heterocycles. The highest BCUT2D eigenvalue weighted by atomic mass is 32.1. The van der Waals surface area contributed by atoms with Crippen molar-refractivity contribution >= 4 is 66.2 Å². The van der Waals surface area contributed by atoms with Crippen LogP contribution in [0.15, 0.2) is 59.0 Å². The summed E-state index contributed by atoms with van der Waals surface area (Å²) in [6, 6.07) is 11.1. The third kappa shape index (κ3) is 4.91. The lowest BCUT2D eigenvalue weighted by atomic mass is 10.0. The highest BCUT2D eigenvalue weighted by molar-refractivity contribution is 7.37. The summed E-state index contributed by atoms with van der Waals surface area (Å²) in [5.74, 6) is 0.529. The van der Waals surface area contributed by atoms with Gasteiger partial charge in [0, 0.05) is 21.9 Å². The molecule has 0 saturated carbocycles. The van der Waals surface area contributed by atoms with Crippen molar-refractivity contribution < 1.29 is 9.13 Å². The molecule has 3 unspecified atom stereocenters. The van der Waals surface area contributed by atoms with Gasteiger partial charge in [-0.2, -0.15) is 5.10 Å². The zero-order valence-electron chi connectivity index (χ0n) is 21.9. The minimum Gasteiger partial charge on any atom is -0.482 e. The molecule has 0 aliphatic rings. The fourth-order valence-corrected chi connectivity index (χ4v) is 6.35. The Kier molecular flexibility index (Phi) is 7.33. The molecular formula is C27H25FN7O2P3S. The van der Waals surface area contributed by atoms with Crippen LogP contribution >= 0.6 is 39.1 Å². The van der Waals surface area contributed by atoms with Crippen LogP contribution in [0.4, 0.5) is 10.2 Å². The van der Waals surface area contributed by atoms with Crippen LogP contribution < -0.4 is 21.3 Å². The van der Waals surface area contributed by atoms with Gasteiger partial charge in [-0.15, -0.1) is 20.6 Å². The maximum atomic E-state index is 14.4. The Balaban J connectivity index is 1.59. The van der Waals surface area contributed by atoms with Crippen LogP contribution in [0, 0.1) is 12.7 Å². The molecule has 0 aliphatic heterocycles. The van der Waals surface area contributed by atoms with E-state index in [9.17, 15) is 9.18 Å². The SMILES string of the molecule is Cc1csc2nc([C@H](C)n3nc(-c4ccc(OC(P)P)c(P)c4)c4c(N)ncnc43)c(-c3cccc(F)c3)c(=O)n12. The molecule has 208 valence electrons. The van der Waals surface area contributed by atoms with Gasteiger partial charge in [0.2, 0.25) is 0 Å². The molecule has 6 rings (SSSR count). The van der Waals surface area contributed by atoms with Gasteiger partial charge in [0.25, 0.3) is 5.56 Å². The lowest BCUT2D eigenvalue weighted by Crippen LogP contribution is -2.23. The topological polar surface area (TPSA) is 113 Å². The van der Waals surface area contributed by atoms with Crippen LogP contribution in [0.1, 0.15) is 24.4 Å². The molecule has 4 atom stereocenters. The van der Waals surface area contributed by atoms with Gasteiger partial charge in [0.15, 0.2) is 10.6 Å².